The van der Waals surface area contributed by atoms with Crippen molar-refractivity contribution in [2.75, 3.05) is 19.6 Å². The Balaban J connectivity index is 1.94. The molecule has 0 atom stereocenters. The Morgan fingerprint density at radius 3 is 2.95 bits per heavy atom. The van der Waals surface area contributed by atoms with Crippen molar-refractivity contribution in [3.8, 4) is 0 Å². The topological polar surface area (TPSA) is 59.0 Å². The Bertz CT molecular complexity index is 562. The lowest BCUT2D eigenvalue weighted by Crippen LogP contribution is -2.35. The first-order chi connectivity index (χ1) is 9.22. The summed E-state index contributed by atoms with van der Waals surface area (Å²) < 4.78 is 2.13. The summed E-state index contributed by atoms with van der Waals surface area (Å²) in [5.41, 5.74) is 2.11. The molecule has 0 aliphatic carbocycles. The Labute approximate surface area is 113 Å². The maximum Gasteiger partial charge on any atom is 0.234 e. The predicted molar refractivity (Wildman–Crippen MR) is 76.0 cm³/mol. The van der Waals surface area contributed by atoms with Crippen LogP contribution in [-0.4, -0.2) is 35.1 Å². The lowest BCUT2D eigenvalue weighted by atomic mass is 10.3. The quantitative estimate of drug-likeness (QED) is 0.817. The second-order valence-corrected chi connectivity index (χ2v) is 4.43. The zero-order valence-corrected chi connectivity index (χ0v) is 11.4. The number of hydrogen-bond donors (Lipinski definition) is 2. The highest BCUT2D eigenvalue weighted by molar-refractivity contribution is 5.78. The molecule has 0 spiro atoms. The van der Waals surface area contributed by atoms with E-state index in [-0.39, 0.29) is 5.91 Å². The fourth-order valence-corrected chi connectivity index (χ4v) is 2.09. The van der Waals surface area contributed by atoms with E-state index >= 15 is 0 Å². The van der Waals surface area contributed by atoms with Gasteiger partial charge in [0, 0.05) is 13.1 Å². The number of hydrogen-bond acceptors (Lipinski definition) is 3. The number of amides is 1. The Kier molecular flexibility index (Phi) is 4.52. The van der Waals surface area contributed by atoms with E-state index in [1.807, 2.05) is 32.0 Å². The molecule has 0 unspecified atom stereocenters. The molecule has 1 aromatic carbocycles. The van der Waals surface area contributed by atoms with Gasteiger partial charge in [-0.3, -0.25) is 4.79 Å². The van der Waals surface area contributed by atoms with Gasteiger partial charge in [0.05, 0.1) is 17.6 Å². The highest BCUT2D eigenvalue weighted by Gasteiger charge is 2.06. The standard InChI is InChI=1S/C14H20N4O/c1-3-15-10-14(19)16-8-9-18-11(2)17-12-6-4-5-7-13(12)18/h4-7,15H,3,8-10H2,1-2H3,(H,16,19). The number of fused-ring (bicyclic) bond motifs is 1. The smallest absolute Gasteiger partial charge is 0.234 e. The van der Waals surface area contributed by atoms with E-state index in [2.05, 4.69) is 26.3 Å². The Hall–Kier alpha value is -1.88. The average Bonchev–Trinajstić information content (AvgIpc) is 2.73. The molecule has 1 heterocycles. The van der Waals surface area contributed by atoms with Gasteiger partial charge in [-0.25, -0.2) is 4.98 Å². The van der Waals surface area contributed by atoms with Crippen LogP contribution in [0.5, 0.6) is 0 Å². The van der Waals surface area contributed by atoms with Crippen molar-refractivity contribution in [3.05, 3.63) is 30.1 Å². The monoisotopic (exact) mass is 260 g/mol. The second kappa shape index (κ2) is 6.33. The van der Waals surface area contributed by atoms with Crippen LogP contribution in [0.1, 0.15) is 12.7 Å². The lowest BCUT2D eigenvalue weighted by Gasteiger charge is -2.08. The van der Waals surface area contributed by atoms with E-state index in [1.165, 1.54) is 0 Å². The number of aryl methyl sites for hydroxylation is 1. The molecule has 102 valence electrons. The third-order valence-electron chi connectivity index (χ3n) is 3.04. The number of benzene rings is 1. The van der Waals surface area contributed by atoms with Crippen LogP contribution in [0.4, 0.5) is 0 Å². The Morgan fingerprint density at radius 1 is 1.37 bits per heavy atom. The van der Waals surface area contributed by atoms with Crippen LogP contribution in [0, 0.1) is 6.92 Å². The van der Waals surface area contributed by atoms with Crippen molar-refractivity contribution in [2.24, 2.45) is 0 Å². The lowest BCUT2D eigenvalue weighted by molar-refractivity contribution is -0.120. The van der Waals surface area contributed by atoms with Gasteiger partial charge in [0.25, 0.3) is 0 Å². The van der Waals surface area contributed by atoms with Crippen molar-refractivity contribution in [1.82, 2.24) is 20.2 Å². The molecule has 5 heteroatoms. The van der Waals surface area contributed by atoms with E-state index in [4.69, 9.17) is 0 Å². The summed E-state index contributed by atoms with van der Waals surface area (Å²) in [5, 5.41) is 5.90. The van der Waals surface area contributed by atoms with Gasteiger partial charge in [-0.15, -0.1) is 0 Å². The predicted octanol–water partition coefficient (Wildman–Crippen LogP) is 1.07. The van der Waals surface area contributed by atoms with Crippen molar-refractivity contribution < 1.29 is 4.79 Å². The normalized spacial score (nSPS) is 10.8. The number of rotatable bonds is 6. The van der Waals surface area contributed by atoms with Crippen LogP contribution in [0.25, 0.3) is 11.0 Å². The summed E-state index contributed by atoms with van der Waals surface area (Å²) in [4.78, 5) is 16.0. The molecule has 2 aromatic rings. The van der Waals surface area contributed by atoms with Gasteiger partial charge in [-0.2, -0.15) is 0 Å². The zero-order chi connectivity index (χ0) is 13.7. The molecule has 2 N–H and O–H groups in total. The van der Waals surface area contributed by atoms with Gasteiger partial charge in [0.2, 0.25) is 5.91 Å². The second-order valence-electron chi connectivity index (χ2n) is 4.43. The summed E-state index contributed by atoms with van der Waals surface area (Å²) in [7, 11) is 0. The van der Waals surface area contributed by atoms with Crippen LogP contribution in [0.3, 0.4) is 0 Å². The van der Waals surface area contributed by atoms with Crippen LogP contribution in [0.2, 0.25) is 0 Å². The maximum atomic E-state index is 11.5. The zero-order valence-electron chi connectivity index (χ0n) is 11.4. The Morgan fingerprint density at radius 2 is 2.16 bits per heavy atom. The van der Waals surface area contributed by atoms with Gasteiger partial charge in [0.15, 0.2) is 0 Å². The molecule has 0 bridgehead atoms. The molecule has 1 amide bonds. The van der Waals surface area contributed by atoms with Gasteiger partial charge >= 0.3 is 0 Å². The number of carbonyl (C=O) groups excluding carboxylic acids is 1. The molecule has 0 aliphatic rings. The molecule has 0 aliphatic heterocycles. The fraction of sp³-hybridized carbons (Fsp3) is 0.429. The SMILES string of the molecule is CCNCC(=O)NCCn1c(C)nc2ccccc21. The first kappa shape index (κ1) is 13.5. The maximum absolute atomic E-state index is 11.5. The van der Waals surface area contributed by atoms with Gasteiger partial charge in [-0.1, -0.05) is 19.1 Å². The molecule has 0 radical (unpaired) electrons. The average molecular weight is 260 g/mol. The minimum atomic E-state index is 0.0314. The van der Waals surface area contributed by atoms with Crippen LogP contribution in [-0.2, 0) is 11.3 Å². The van der Waals surface area contributed by atoms with Crippen LogP contribution < -0.4 is 10.6 Å². The molecular weight excluding hydrogens is 240 g/mol. The molecule has 5 nitrogen and oxygen atoms in total. The molecule has 19 heavy (non-hydrogen) atoms. The number of imidazole rings is 1. The van der Waals surface area contributed by atoms with E-state index in [1.54, 1.807) is 0 Å². The molecule has 2 rings (SSSR count). The molecular formula is C14H20N4O. The number of aromatic nitrogens is 2. The van der Waals surface area contributed by atoms with E-state index < -0.39 is 0 Å². The number of likely N-dealkylation sites (N-methyl/N-ethyl adjacent to an activating group) is 1. The first-order valence-electron chi connectivity index (χ1n) is 6.61. The van der Waals surface area contributed by atoms with Crippen molar-refractivity contribution in [3.63, 3.8) is 0 Å². The van der Waals surface area contributed by atoms with Crippen molar-refractivity contribution in [1.29, 1.82) is 0 Å². The summed E-state index contributed by atoms with van der Waals surface area (Å²) in [6.07, 6.45) is 0. The number of para-hydroxylation sites is 2. The largest absolute Gasteiger partial charge is 0.353 e. The highest BCUT2D eigenvalue weighted by atomic mass is 16.1. The van der Waals surface area contributed by atoms with E-state index in [0.717, 1.165) is 29.9 Å². The van der Waals surface area contributed by atoms with Crippen molar-refractivity contribution in [2.45, 2.75) is 20.4 Å². The molecule has 1 aromatic heterocycles. The minimum Gasteiger partial charge on any atom is -0.353 e. The number of carbonyl (C=O) groups is 1. The van der Waals surface area contributed by atoms with Crippen LogP contribution >= 0.6 is 0 Å². The molecule has 0 saturated carbocycles. The number of nitrogens with zero attached hydrogens (tertiary/aromatic N) is 2. The molecule has 0 saturated heterocycles. The number of nitrogens with one attached hydrogen (secondary N) is 2. The fourth-order valence-electron chi connectivity index (χ4n) is 2.09. The van der Waals surface area contributed by atoms with Gasteiger partial charge < -0.3 is 15.2 Å². The first-order valence-corrected chi connectivity index (χ1v) is 6.61. The highest BCUT2D eigenvalue weighted by Crippen LogP contribution is 2.14. The minimum absolute atomic E-state index is 0.0314. The van der Waals surface area contributed by atoms with Gasteiger partial charge in [0.1, 0.15) is 5.82 Å². The molecule has 0 fully saturated rings. The van der Waals surface area contributed by atoms with E-state index in [0.29, 0.717) is 13.1 Å². The summed E-state index contributed by atoms with van der Waals surface area (Å²) in [6.45, 7) is 6.50. The van der Waals surface area contributed by atoms with E-state index in [9.17, 15) is 4.79 Å². The van der Waals surface area contributed by atoms with Gasteiger partial charge in [-0.05, 0) is 25.6 Å². The van der Waals surface area contributed by atoms with Crippen molar-refractivity contribution >= 4 is 16.9 Å². The third kappa shape index (κ3) is 3.32. The summed E-state index contributed by atoms with van der Waals surface area (Å²) >= 11 is 0. The summed E-state index contributed by atoms with van der Waals surface area (Å²) in [6, 6.07) is 8.04. The van der Waals surface area contributed by atoms with Crippen LogP contribution in [0.15, 0.2) is 24.3 Å². The summed E-state index contributed by atoms with van der Waals surface area (Å²) in [5.74, 6) is 1.01. The third-order valence-corrected chi connectivity index (χ3v) is 3.04.